The van der Waals surface area contributed by atoms with E-state index in [1.165, 1.54) is 5.56 Å². The molecule has 1 amide bonds. The fraction of sp³-hybridized carbons (Fsp3) is 0.500. The molecular formula is C14H20N2O2. The van der Waals surface area contributed by atoms with Gasteiger partial charge in [0, 0.05) is 13.1 Å². The molecule has 0 spiro atoms. The van der Waals surface area contributed by atoms with E-state index in [-0.39, 0.29) is 18.4 Å². The van der Waals surface area contributed by atoms with Crippen molar-refractivity contribution >= 4 is 5.91 Å². The Morgan fingerprint density at radius 3 is 2.94 bits per heavy atom. The molecule has 0 saturated heterocycles. The van der Waals surface area contributed by atoms with Crippen LogP contribution in [-0.4, -0.2) is 29.7 Å². The summed E-state index contributed by atoms with van der Waals surface area (Å²) in [7, 11) is 0. The van der Waals surface area contributed by atoms with Gasteiger partial charge in [-0.25, -0.2) is 0 Å². The van der Waals surface area contributed by atoms with E-state index in [1.807, 2.05) is 38.1 Å². The normalized spacial score (nSPS) is 19.2. The van der Waals surface area contributed by atoms with Gasteiger partial charge in [0.1, 0.15) is 0 Å². The van der Waals surface area contributed by atoms with Crippen LogP contribution >= 0.6 is 0 Å². The van der Waals surface area contributed by atoms with Crippen LogP contribution in [0.4, 0.5) is 0 Å². The Bertz CT molecular complexity index is 443. The summed E-state index contributed by atoms with van der Waals surface area (Å²) in [6.07, 6.45) is 0. The smallest absolute Gasteiger partial charge is 0.229 e. The molecule has 3 N–H and O–H groups in total. The second kappa shape index (κ2) is 5.08. The zero-order chi connectivity index (χ0) is 13.2. The molecule has 0 saturated carbocycles. The molecular weight excluding hydrogens is 228 g/mol. The summed E-state index contributed by atoms with van der Waals surface area (Å²) in [5.74, 6) is -0.213. The number of carbonyl (C=O) groups is 1. The third kappa shape index (κ3) is 2.71. The van der Waals surface area contributed by atoms with E-state index in [2.05, 4.69) is 10.6 Å². The largest absolute Gasteiger partial charge is 0.394 e. The summed E-state index contributed by atoms with van der Waals surface area (Å²) in [6.45, 7) is 5.01. The first-order chi connectivity index (χ1) is 8.53. The molecule has 1 aliphatic rings. The Hall–Kier alpha value is -1.39. The first-order valence-corrected chi connectivity index (χ1v) is 6.25. The molecule has 1 aliphatic heterocycles. The zero-order valence-corrected chi connectivity index (χ0v) is 10.9. The second-order valence-electron chi connectivity index (χ2n) is 5.41. The van der Waals surface area contributed by atoms with Gasteiger partial charge in [0.2, 0.25) is 5.91 Å². The molecule has 0 bridgehead atoms. The molecule has 1 aromatic rings. The number of carbonyl (C=O) groups excluding carboxylic acids is 1. The molecule has 98 valence electrons. The maximum Gasteiger partial charge on any atom is 0.229 e. The lowest BCUT2D eigenvalue weighted by Gasteiger charge is -2.30. The lowest BCUT2D eigenvalue weighted by atomic mass is 9.89. The van der Waals surface area contributed by atoms with Crippen molar-refractivity contribution < 1.29 is 9.90 Å². The topological polar surface area (TPSA) is 61.4 Å². The molecule has 1 heterocycles. The van der Waals surface area contributed by atoms with E-state index < -0.39 is 5.54 Å². The van der Waals surface area contributed by atoms with Crippen LogP contribution in [0.5, 0.6) is 0 Å². The molecule has 1 aromatic carbocycles. The minimum Gasteiger partial charge on any atom is -0.394 e. The van der Waals surface area contributed by atoms with Crippen molar-refractivity contribution in [2.45, 2.75) is 31.8 Å². The van der Waals surface area contributed by atoms with Gasteiger partial charge >= 0.3 is 0 Å². The van der Waals surface area contributed by atoms with Gasteiger partial charge < -0.3 is 15.7 Å². The summed E-state index contributed by atoms with van der Waals surface area (Å²) in [5.41, 5.74) is 1.68. The first-order valence-electron chi connectivity index (χ1n) is 6.25. The van der Waals surface area contributed by atoms with Crippen molar-refractivity contribution in [3.05, 3.63) is 35.4 Å². The number of aliphatic hydroxyl groups is 1. The van der Waals surface area contributed by atoms with Gasteiger partial charge in [0.05, 0.1) is 18.1 Å². The van der Waals surface area contributed by atoms with Crippen LogP contribution in [0.2, 0.25) is 0 Å². The number of amides is 1. The van der Waals surface area contributed by atoms with Crippen LogP contribution in [0.25, 0.3) is 0 Å². The van der Waals surface area contributed by atoms with Gasteiger partial charge in [-0.2, -0.15) is 0 Å². The molecule has 4 heteroatoms. The highest BCUT2D eigenvalue weighted by molar-refractivity contribution is 5.85. The Labute approximate surface area is 107 Å². The molecule has 4 nitrogen and oxygen atoms in total. The Morgan fingerprint density at radius 1 is 1.50 bits per heavy atom. The lowest BCUT2D eigenvalue weighted by Crippen LogP contribution is -2.50. The average Bonchev–Trinajstić information content (AvgIpc) is 2.37. The maximum absolute atomic E-state index is 12.3. The van der Waals surface area contributed by atoms with E-state index in [0.29, 0.717) is 6.54 Å². The average molecular weight is 248 g/mol. The third-order valence-electron chi connectivity index (χ3n) is 3.27. The van der Waals surface area contributed by atoms with Gasteiger partial charge in [0.25, 0.3) is 0 Å². The molecule has 0 aromatic heterocycles. The molecule has 18 heavy (non-hydrogen) atoms. The summed E-state index contributed by atoms with van der Waals surface area (Å²) in [6, 6.07) is 7.99. The van der Waals surface area contributed by atoms with Gasteiger partial charge in [-0.1, -0.05) is 24.3 Å². The minimum absolute atomic E-state index is 0.0336. The minimum atomic E-state index is -0.580. The van der Waals surface area contributed by atoms with Crippen molar-refractivity contribution in [3.63, 3.8) is 0 Å². The highest BCUT2D eigenvalue weighted by atomic mass is 16.3. The maximum atomic E-state index is 12.3. The monoisotopic (exact) mass is 248 g/mol. The van der Waals surface area contributed by atoms with Crippen LogP contribution in [0.1, 0.15) is 30.9 Å². The summed E-state index contributed by atoms with van der Waals surface area (Å²) < 4.78 is 0. The predicted molar refractivity (Wildman–Crippen MR) is 70.2 cm³/mol. The highest BCUT2D eigenvalue weighted by Crippen LogP contribution is 2.24. The Balaban J connectivity index is 2.18. The molecule has 0 radical (unpaired) electrons. The number of aliphatic hydroxyl groups excluding tert-OH is 1. The van der Waals surface area contributed by atoms with Crippen LogP contribution < -0.4 is 10.6 Å². The summed E-state index contributed by atoms with van der Waals surface area (Å²) in [5, 5.41) is 15.3. The SMILES string of the molecule is CC(C)(CO)NC(=O)C1CNCc2ccccc21. The number of hydrogen-bond donors (Lipinski definition) is 3. The van der Waals surface area contributed by atoms with Crippen molar-refractivity contribution in [1.82, 2.24) is 10.6 Å². The first kappa shape index (κ1) is 13.1. The Morgan fingerprint density at radius 2 is 2.22 bits per heavy atom. The fourth-order valence-electron chi connectivity index (χ4n) is 2.19. The van der Waals surface area contributed by atoms with Crippen molar-refractivity contribution in [3.8, 4) is 0 Å². The van der Waals surface area contributed by atoms with Crippen LogP contribution in [0.3, 0.4) is 0 Å². The molecule has 2 rings (SSSR count). The summed E-state index contributed by atoms with van der Waals surface area (Å²) >= 11 is 0. The molecule has 0 fully saturated rings. The quantitative estimate of drug-likeness (QED) is 0.740. The van der Waals surface area contributed by atoms with Crippen LogP contribution in [0.15, 0.2) is 24.3 Å². The van der Waals surface area contributed by atoms with E-state index in [9.17, 15) is 9.90 Å². The van der Waals surface area contributed by atoms with E-state index in [0.717, 1.165) is 12.1 Å². The third-order valence-corrected chi connectivity index (χ3v) is 3.27. The predicted octanol–water partition coefficient (Wildman–Crippen LogP) is 0.760. The molecule has 1 atom stereocenters. The molecule has 1 unspecified atom stereocenters. The van der Waals surface area contributed by atoms with Crippen molar-refractivity contribution in [2.24, 2.45) is 0 Å². The fourth-order valence-corrected chi connectivity index (χ4v) is 2.19. The van der Waals surface area contributed by atoms with E-state index in [4.69, 9.17) is 0 Å². The summed E-state index contributed by atoms with van der Waals surface area (Å²) in [4.78, 5) is 12.3. The van der Waals surface area contributed by atoms with E-state index in [1.54, 1.807) is 0 Å². The zero-order valence-electron chi connectivity index (χ0n) is 10.9. The van der Waals surface area contributed by atoms with Crippen molar-refractivity contribution in [1.29, 1.82) is 0 Å². The van der Waals surface area contributed by atoms with Crippen LogP contribution in [0, 0.1) is 0 Å². The number of benzene rings is 1. The van der Waals surface area contributed by atoms with Gasteiger partial charge in [-0.3, -0.25) is 4.79 Å². The lowest BCUT2D eigenvalue weighted by molar-refractivity contribution is -0.124. The highest BCUT2D eigenvalue weighted by Gasteiger charge is 2.29. The van der Waals surface area contributed by atoms with E-state index >= 15 is 0 Å². The van der Waals surface area contributed by atoms with Gasteiger partial charge in [-0.05, 0) is 25.0 Å². The van der Waals surface area contributed by atoms with Gasteiger partial charge in [-0.15, -0.1) is 0 Å². The molecule has 0 aliphatic carbocycles. The number of fused-ring (bicyclic) bond motifs is 1. The van der Waals surface area contributed by atoms with Crippen molar-refractivity contribution in [2.75, 3.05) is 13.2 Å². The Kier molecular flexibility index (Phi) is 3.68. The van der Waals surface area contributed by atoms with Crippen LogP contribution in [-0.2, 0) is 11.3 Å². The number of nitrogens with one attached hydrogen (secondary N) is 2. The second-order valence-corrected chi connectivity index (χ2v) is 5.41. The standard InChI is InChI=1S/C14H20N2O2/c1-14(2,9-17)16-13(18)12-8-15-7-10-5-3-4-6-11(10)12/h3-6,12,15,17H,7-9H2,1-2H3,(H,16,18). The number of hydrogen-bond acceptors (Lipinski definition) is 3. The van der Waals surface area contributed by atoms with Gasteiger partial charge in [0.15, 0.2) is 0 Å². The number of rotatable bonds is 3.